The van der Waals surface area contributed by atoms with Crippen molar-refractivity contribution in [2.45, 2.75) is 13.0 Å². The van der Waals surface area contributed by atoms with Gasteiger partial charge in [-0.1, -0.05) is 6.07 Å². The molecule has 0 saturated heterocycles. The Bertz CT molecular complexity index is 522. The molecule has 0 aromatic heterocycles. The third kappa shape index (κ3) is 4.41. The van der Waals surface area contributed by atoms with Crippen LogP contribution in [0.2, 0.25) is 0 Å². The second kappa shape index (κ2) is 6.52. The van der Waals surface area contributed by atoms with Crippen LogP contribution in [0.15, 0.2) is 24.3 Å². The predicted molar refractivity (Wildman–Crippen MR) is 69.5 cm³/mol. The van der Waals surface area contributed by atoms with Gasteiger partial charge in [-0.3, -0.25) is 14.5 Å². The van der Waals surface area contributed by atoms with Crippen molar-refractivity contribution in [2.24, 2.45) is 0 Å². The Hall–Kier alpha value is -2.39. The molecule has 0 spiro atoms. The fourth-order valence-corrected chi connectivity index (χ4v) is 1.42. The zero-order valence-electron chi connectivity index (χ0n) is 10.8. The van der Waals surface area contributed by atoms with Gasteiger partial charge in [0.1, 0.15) is 6.04 Å². The minimum atomic E-state index is -0.984. The Morgan fingerprint density at radius 1 is 1.53 bits per heavy atom. The van der Waals surface area contributed by atoms with Gasteiger partial charge in [0.05, 0.1) is 18.2 Å². The number of carboxylic acids is 1. The summed E-state index contributed by atoms with van der Waals surface area (Å²) in [5, 5.41) is 20.2. The number of nitrogens with one attached hydrogen (secondary N) is 1. The predicted octanol–water partition coefficient (Wildman–Crippen LogP) is 0.902. The SMILES string of the molecule is CC(C(=O)O)N(C)CC(=O)Nc1cccc(C#N)c1. The van der Waals surface area contributed by atoms with Crippen molar-refractivity contribution in [3.8, 4) is 6.07 Å². The molecule has 0 bridgehead atoms. The molecular formula is C13H15N3O3. The molecule has 1 amide bonds. The van der Waals surface area contributed by atoms with E-state index in [1.807, 2.05) is 6.07 Å². The van der Waals surface area contributed by atoms with Crippen LogP contribution in [-0.2, 0) is 9.59 Å². The summed E-state index contributed by atoms with van der Waals surface area (Å²) in [4.78, 5) is 23.9. The highest BCUT2D eigenvalue weighted by molar-refractivity contribution is 5.92. The first-order valence-electron chi connectivity index (χ1n) is 5.67. The summed E-state index contributed by atoms with van der Waals surface area (Å²) in [6.45, 7) is 1.47. The summed E-state index contributed by atoms with van der Waals surface area (Å²) < 4.78 is 0. The number of hydrogen-bond acceptors (Lipinski definition) is 4. The zero-order chi connectivity index (χ0) is 14.4. The van der Waals surface area contributed by atoms with E-state index >= 15 is 0 Å². The molecule has 0 saturated carbocycles. The van der Waals surface area contributed by atoms with Crippen molar-refractivity contribution in [2.75, 3.05) is 18.9 Å². The van der Waals surface area contributed by atoms with Crippen LogP contribution < -0.4 is 5.32 Å². The van der Waals surface area contributed by atoms with Gasteiger partial charge in [0, 0.05) is 5.69 Å². The first kappa shape index (κ1) is 14.7. The van der Waals surface area contributed by atoms with Gasteiger partial charge >= 0.3 is 5.97 Å². The van der Waals surface area contributed by atoms with Crippen LogP contribution in [-0.4, -0.2) is 41.5 Å². The number of likely N-dealkylation sites (N-methyl/N-ethyl adjacent to an activating group) is 1. The van der Waals surface area contributed by atoms with Crippen LogP contribution in [0.4, 0.5) is 5.69 Å². The van der Waals surface area contributed by atoms with Crippen molar-refractivity contribution in [1.82, 2.24) is 4.90 Å². The summed E-state index contributed by atoms with van der Waals surface area (Å²) in [6.07, 6.45) is 0. The number of anilines is 1. The molecule has 1 rings (SSSR count). The van der Waals surface area contributed by atoms with Gasteiger partial charge in [0.2, 0.25) is 5.91 Å². The van der Waals surface area contributed by atoms with Crippen LogP contribution in [0.1, 0.15) is 12.5 Å². The van der Waals surface area contributed by atoms with E-state index in [1.54, 1.807) is 31.3 Å². The molecule has 0 fully saturated rings. The second-order valence-corrected chi connectivity index (χ2v) is 4.17. The molecule has 1 aromatic rings. The van der Waals surface area contributed by atoms with Gasteiger partial charge in [-0.15, -0.1) is 0 Å². The molecule has 1 atom stereocenters. The number of hydrogen-bond donors (Lipinski definition) is 2. The van der Waals surface area contributed by atoms with Gasteiger partial charge in [-0.25, -0.2) is 0 Å². The Balaban J connectivity index is 2.60. The highest BCUT2D eigenvalue weighted by Crippen LogP contribution is 2.09. The molecule has 6 nitrogen and oxygen atoms in total. The summed E-state index contributed by atoms with van der Waals surface area (Å²) in [7, 11) is 1.56. The Morgan fingerprint density at radius 3 is 2.79 bits per heavy atom. The fourth-order valence-electron chi connectivity index (χ4n) is 1.42. The van der Waals surface area contributed by atoms with Gasteiger partial charge in [0.25, 0.3) is 0 Å². The highest BCUT2D eigenvalue weighted by Gasteiger charge is 2.18. The molecule has 6 heteroatoms. The maximum absolute atomic E-state index is 11.7. The molecular weight excluding hydrogens is 246 g/mol. The summed E-state index contributed by atoms with van der Waals surface area (Å²) in [5.74, 6) is -1.31. The Labute approximate surface area is 111 Å². The van der Waals surface area contributed by atoms with E-state index < -0.39 is 12.0 Å². The number of carbonyl (C=O) groups excluding carboxylic acids is 1. The van der Waals surface area contributed by atoms with Crippen LogP contribution >= 0.6 is 0 Å². The first-order valence-corrected chi connectivity index (χ1v) is 5.67. The van der Waals surface area contributed by atoms with E-state index in [2.05, 4.69) is 5.32 Å². The zero-order valence-corrected chi connectivity index (χ0v) is 10.8. The smallest absolute Gasteiger partial charge is 0.320 e. The normalized spacial score (nSPS) is 11.7. The molecule has 100 valence electrons. The van der Waals surface area contributed by atoms with Gasteiger partial charge in [0.15, 0.2) is 0 Å². The number of carbonyl (C=O) groups is 2. The summed E-state index contributed by atoms with van der Waals surface area (Å²) in [5.41, 5.74) is 0.963. The number of benzene rings is 1. The van der Waals surface area contributed by atoms with E-state index in [1.165, 1.54) is 11.8 Å². The fraction of sp³-hybridized carbons (Fsp3) is 0.308. The lowest BCUT2D eigenvalue weighted by Crippen LogP contribution is -2.40. The number of nitrogens with zero attached hydrogens (tertiary/aromatic N) is 2. The number of carboxylic acid groups (broad SMARTS) is 1. The molecule has 0 aliphatic carbocycles. The molecule has 1 unspecified atom stereocenters. The summed E-state index contributed by atoms with van der Waals surface area (Å²) >= 11 is 0. The average Bonchev–Trinajstić information content (AvgIpc) is 2.37. The van der Waals surface area contributed by atoms with Crippen molar-refractivity contribution in [1.29, 1.82) is 5.26 Å². The maximum Gasteiger partial charge on any atom is 0.320 e. The largest absolute Gasteiger partial charge is 0.480 e. The van der Waals surface area contributed by atoms with Crippen molar-refractivity contribution < 1.29 is 14.7 Å². The third-order valence-electron chi connectivity index (χ3n) is 2.69. The third-order valence-corrected chi connectivity index (χ3v) is 2.69. The standard InChI is InChI=1S/C13H15N3O3/c1-9(13(18)19)16(2)8-12(17)15-11-5-3-4-10(6-11)7-14/h3-6,9H,8H2,1-2H3,(H,15,17)(H,18,19). The maximum atomic E-state index is 11.7. The number of amides is 1. The minimum absolute atomic E-state index is 0.0375. The Morgan fingerprint density at radius 2 is 2.21 bits per heavy atom. The van der Waals surface area contributed by atoms with Crippen molar-refractivity contribution in [3.05, 3.63) is 29.8 Å². The first-order chi connectivity index (χ1) is 8.93. The lowest BCUT2D eigenvalue weighted by Gasteiger charge is -2.20. The number of aliphatic carboxylic acids is 1. The van der Waals surface area contributed by atoms with Crippen LogP contribution in [0, 0.1) is 11.3 Å². The van der Waals surface area contributed by atoms with E-state index in [9.17, 15) is 9.59 Å². The van der Waals surface area contributed by atoms with E-state index in [0.29, 0.717) is 11.3 Å². The van der Waals surface area contributed by atoms with Crippen molar-refractivity contribution >= 4 is 17.6 Å². The van der Waals surface area contributed by atoms with E-state index in [-0.39, 0.29) is 12.5 Å². The molecule has 19 heavy (non-hydrogen) atoms. The van der Waals surface area contributed by atoms with Gasteiger partial charge in [-0.2, -0.15) is 5.26 Å². The number of rotatable bonds is 5. The molecule has 0 aliphatic heterocycles. The highest BCUT2D eigenvalue weighted by atomic mass is 16.4. The number of nitriles is 1. The summed E-state index contributed by atoms with van der Waals surface area (Å²) in [6, 6.07) is 7.75. The van der Waals surface area contributed by atoms with Gasteiger partial charge in [-0.05, 0) is 32.2 Å². The second-order valence-electron chi connectivity index (χ2n) is 4.17. The average molecular weight is 261 g/mol. The lowest BCUT2D eigenvalue weighted by molar-refractivity contribution is -0.142. The topological polar surface area (TPSA) is 93.4 Å². The van der Waals surface area contributed by atoms with E-state index in [0.717, 1.165) is 0 Å². The monoisotopic (exact) mass is 261 g/mol. The van der Waals surface area contributed by atoms with Gasteiger partial charge < -0.3 is 10.4 Å². The van der Waals surface area contributed by atoms with Crippen LogP contribution in [0.3, 0.4) is 0 Å². The van der Waals surface area contributed by atoms with Crippen molar-refractivity contribution in [3.63, 3.8) is 0 Å². The van der Waals surface area contributed by atoms with Crippen LogP contribution in [0.25, 0.3) is 0 Å². The molecule has 0 aliphatic rings. The minimum Gasteiger partial charge on any atom is -0.480 e. The molecule has 1 aromatic carbocycles. The molecule has 0 heterocycles. The Kier molecular flexibility index (Phi) is 5.03. The lowest BCUT2D eigenvalue weighted by atomic mass is 10.2. The quantitative estimate of drug-likeness (QED) is 0.821. The molecule has 2 N–H and O–H groups in total. The van der Waals surface area contributed by atoms with Crippen LogP contribution in [0.5, 0.6) is 0 Å². The molecule has 0 radical (unpaired) electrons. The van der Waals surface area contributed by atoms with E-state index in [4.69, 9.17) is 10.4 Å².